The molecule has 5 nitrogen and oxygen atoms in total. The molecular formula is C24H32N2O3. The van der Waals surface area contributed by atoms with Crippen LogP contribution in [0.4, 0.5) is 0 Å². The highest BCUT2D eigenvalue weighted by molar-refractivity contribution is 5.99. The van der Waals surface area contributed by atoms with Crippen LogP contribution in [0.3, 0.4) is 0 Å². The molecule has 2 aromatic carbocycles. The van der Waals surface area contributed by atoms with Crippen LogP contribution in [-0.4, -0.2) is 31.0 Å². The zero-order valence-electron chi connectivity index (χ0n) is 17.8. The first kappa shape index (κ1) is 22.5. The van der Waals surface area contributed by atoms with Gasteiger partial charge in [0.1, 0.15) is 11.8 Å². The quantitative estimate of drug-likeness (QED) is 0.634. The van der Waals surface area contributed by atoms with E-state index in [1.807, 2.05) is 45.0 Å². The van der Waals surface area contributed by atoms with Crippen molar-refractivity contribution in [2.24, 2.45) is 5.92 Å². The molecule has 2 atom stereocenters. The molecule has 29 heavy (non-hydrogen) atoms. The molecule has 0 saturated heterocycles. The molecule has 0 aliphatic carbocycles. The van der Waals surface area contributed by atoms with Crippen molar-refractivity contribution in [2.45, 2.75) is 46.1 Å². The van der Waals surface area contributed by atoms with Crippen LogP contribution in [0.25, 0.3) is 0 Å². The molecule has 0 bridgehead atoms. The van der Waals surface area contributed by atoms with E-state index >= 15 is 0 Å². The number of para-hydroxylation sites is 1. The molecule has 0 spiro atoms. The molecule has 0 aliphatic rings. The first-order valence-electron chi connectivity index (χ1n) is 10.3. The van der Waals surface area contributed by atoms with E-state index in [1.54, 1.807) is 18.2 Å². The maximum Gasteiger partial charge on any atom is 0.255 e. The van der Waals surface area contributed by atoms with E-state index in [-0.39, 0.29) is 23.7 Å². The summed E-state index contributed by atoms with van der Waals surface area (Å²) in [6.07, 6.45) is 0.921. The van der Waals surface area contributed by atoms with Gasteiger partial charge in [-0.2, -0.15) is 0 Å². The van der Waals surface area contributed by atoms with E-state index in [9.17, 15) is 9.59 Å². The SMILES string of the molecule is CCOc1ccccc1C(=O)NC(C(=O)NCC(CC)c1ccccc1)C(C)C. The minimum absolute atomic E-state index is 0.0463. The van der Waals surface area contributed by atoms with Gasteiger partial charge in [-0.25, -0.2) is 0 Å². The molecule has 2 amide bonds. The molecular weight excluding hydrogens is 364 g/mol. The lowest BCUT2D eigenvalue weighted by Gasteiger charge is -2.24. The number of ether oxygens (including phenoxy) is 1. The highest BCUT2D eigenvalue weighted by atomic mass is 16.5. The normalized spacial score (nSPS) is 12.9. The third-order valence-corrected chi connectivity index (χ3v) is 4.95. The molecule has 5 heteroatoms. The van der Waals surface area contributed by atoms with Crippen molar-refractivity contribution in [1.29, 1.82) is 0 Å². The lowest BCUT2D eigenvalue weighted by molar-refractivity contribution is -0.124. The molecule has 0 fully saturated rings. The van der Waals surface area contributed by atoms with Gasteiger partial charge in [-0.05, 0) is 37.0 Å². The van der Waals surface area contributed by atoms with Crippen molar-refractivity contribution < 1.29 is 14.3 Å². The highest BCUT2D eigenvalue weighted by Gasteiger charge is 2.26. The Bertz CT molecular complexity index is 790. The second-order valence-corrected chi connectivity index (χ2v) is 7.39. The summed E-state index contributed by atoms with van der Waals surface area (Å²) in [5.41, 5.74) is 1.63. The summed E-state index contributed by atoms with van der Waals surface area (Å²) in [6, 6.07) is 16.6. The monoisotopic (exact) mass is 396 g/mol. The summed E-state index contributed by atoms with van der Waals surface area (Å²) >= 11 is 0. The molecule has 0 saturated carbocycles. The Morgan fingerprint density at radius 2 is 1.62 bits per heavy atom. The van der Waals surface area contributed by atoms with Gasteiger partial charge in [-0.15, -0.1) is 0 Å². The van der Waals surface area contributed by atoms with Crippen LogP contribution in [0.1, 0.15) is 56.0 Å². The zero-order chi connectivity index (χ0) is 21.2. The van der Waals surface area contributed by atoms with Gasteiger partial charge < -0.3 is 15.4 Å². The van der Waals surface area contributed by atoms with Gasteiger partial charge in [0, 0.05) is 12.5 Å². The second-order valence-electron chi connectivity index (χ2n) is 7.39. The van der Waals surface area contributed by atoms with Gasteiger partial charge in [0.05, 0.1) is 12.2 Å². The number of amides is 2. The lowest BCUT2D eigenvalue weighted by atomic mass is 9.96. The van der Waals surface area contributed by atoms with Gasteiger partial charge >= 0.3 is 0 Å². The van der Waals surface area contributed by atoms with Gasteiger partial charge in [-0.1, -0.05) is 63.2 Å². The summed E-state index contributed by atoms with van der Waals surface area (Å²) in [6.45, 7) is 8.83. The van der Waals surface area contributed by atoms with Crippen LogP contribution >= 0.6 is 0 Å². The van der Waals surface area contributed by atoms with E-state index in [2.05, 4.69) is 29.7 Å². The number of carbonyl (C=O) groups excluding carboxylic acids is 2. The van der Waals surface area contributed by atoms with E-state index < -0.39 is 6.04 Å². The smallest absolute Gasteiger partial charge is 0.255 e. The first-order valence-corrected chi connectivity index (χ1v) is 10.3. The minimum Gasteiger partial charge on any atom is -0.493 e. The van der Waals surface area contributed by atoms with Crippen molar-refractivity contribution >= 4 is 11.8 Å². The molecule has 2 unspecified atom stereocenters. The van der Waals surface area contributed by atoms with Gasteiger partial charge in [0.25, 0.3) is 5.91 Å². The van der Waals surface area contributed by atoms with Gasteiger partial charge in [0.15, 0.2) is 0 Å². The van der Waals surface area contributed by atoms with E-state index in [4.69, 9.17) is 4.74 Å². The van der Waals surface area contributed by atoms with E-state index in [0.717, 1.165) is 6.42 Å². The summed E-state index contributed by atoms with van der Waals surface area (Å²) in [5, 5.41) is 5.91. The molecule has 0 aromatic heterocycles. The largest absolute Gasteiger partial charge is 0.493 e. The number of benzene rings is 2. The average Bonchev–Trinajstić information content (AvgIpc) is 2.73. The van der Waals surface area contributed by atoms with Crippen LogP contribution in [0.5, 0.6) is 5.75 Å². The average molecular weight is 397 g/mol. The zero-order valence-corrected chi connectivity index (χ0v) is 17.8. The lowest BCUT2D eigenvalue weighted by Crippen LogP contribution is -2.50. The number of carbonyl (C=O) groups is 2. The van der Waals surface area contributed by atoms with Crippen LogP contribution < -0.4 is 15.4 Å². The number of rotatable bonds is 10. The van der Waals surface area contributed by atoms with Crippen LogP contribution in [0.15, 0.2) is 54.6 Å². The minimum atomic E-state index is -0.620. The molecule has 2 N–H and O–H groups in total. The van der Waals surface area contributed by atoms with Crippen LogP contribution in [0, 0.1) is 5.92 Å². The standard InChI is InChI=1S/C24H32N2O3/c1-5-18(19-12-8-7-9-13-19)16-25-24(28)22(17(3)4)26-23(27)20-14-10-11-15-21(20)29-6-2/h7-15,17-18,22H,5-6,16H2,1-4H3,(H,25,28)(H,26,27). The molecule has 156 valence electrons. The number of hydrogen-bond acceptors (Lipinski definition) is 3. The summed E-state index contributed by atoms with van der Waals surface area (Å²) < 4.78 is 5.54. The second kappa shape index (κ2) is 11.2. The first-order chi connectivity index (χ1) is 14.0. The Balaban J connectivity index is 2.05. The van der Waals surface area contributed by atoms with Crippen molar-refractivity contribution in [3.05, 3.63) is 65.7 Å². The Labute approximate surface area is 173 Å². The van der Waals surface area contributed by atoms with Crippen LogP contribution in [0.2, 0.25) is 0 Å². The summed E-state index contributed by atoms with van der Waals surface area (Å²) in [4.78, 5) is 25.7. The highest BCUT2D eigenvalue weighted by Crippen LogP contribution is 2.20. The maximum atomic E-state index is 12.9. The fourth-order valence-corrected chi connectivity index (χ4v) is 3.25. The van der Waals surface area contributed by atoms with Gasteiger partial charge in [0.2, 0.25) is 5.91 Å². The predicted octanol–water partition coefficient (Wildman–Crippen LogP) is 4.15. The Morgan fingerprint density at radius 3 is 2.24 bits per heavy atom. The molecule has 2 aromatic rings. The molecule has 0 aliphatic heterocycles. The Kier molecular flexibility index (Phi) is 8.71. The Hall–Kier alpha value is -2.82. The maximum absolute atomic E-state index is 12.9. The number of nitrogens with one attached hydrogen (secondary N) is 2. The van der Waals surface area contributed by atoms with Crippen molar-refractivity contribution in [3.8, 4) is 5.75 Å². The van der Waals surface area contributed by atoms with E-state index in [0.29, 0.717) is 24.5 Å². The van der Waals surface area contributed by atoms with E-state index in [1.165, 1.54) is 5.56 Å². The molecule has 2 rings (SSSR count). The summed E-state index contributed by atoms with van der Waals surface area (Å²) in [7, 11) is 0. The van der Waals surface area contributed by atoms with Crippen LogP contribution in [-0.2, 0) is 4.79 Å². The van der Waals surface area contributed by atoms with Crippen molar-refractivity contribution in [2.75, 3.05) is 13.2 Å². The Morgan fingerprint density at radius 1 is 0.966 bits per heavy atom. The molecule has 0 radical (unpaired) electrons. The third kappa shape index (κ3) is 6.34. The third-order valence-electron chi connectivity index (χ3n) is 4.95. The van der Waals surface area contributed by atoms with Crippen molar-refractivity contribution in [3.63, 3.8) is 0 Å². The van der Waals surface area contributed by atoms with Crippen molar-refractivity contribution in [1.82, 2.24) is 10.6 Å². The number of hydrogen-bond donors (Lipinski definition) is 2. The summed E-state index contributed by atoms with van der Waals surface area (Å²) in [5.74, 6) is 0.234. The molecule has 0 heterocycles. The topological polar surface area (TPSA) is 67.4 Å². The van der Waals surface area contributed by atoms with Gasteiger partial charge in [-0.3, -0.25) is 9.59 Å². The fraction of sp³-hybridized carbons (Fsp3) is 0.417. The fourth-order valence-electron chi connectivity index (χ4n) is 3.25. The predicted molar refractivity (Wildman–Crippen MR) is 116 cm³/mol.